The van der Waals surface area contributed by atoms with Crippen molar-refractivity contribution in [3.8, 4) is 5.75 Å². The van der Waals surface area contributed by atoms with Crippen molar-refractivity contribution in [1.82, 2.24) is 10.2 Å². The molecule has 0 spiro atoms. The molecule has 1 aliphatic carbocycles. The van der Waals surface area contributed by atoms with Gasteiger partial charge in [0.05, 0.1) is 7.11 Å². The largest absolute Gasteiger partial charge is 0.497 e. The zero-order valence-corrected chi connectivity index (χ0v) is 12.7. The molecule has 1 aliphatic heterocycles. The number of hydrogen-bond acceptors (Lipinski definition) is 3. The molecule has 0 bridgehead atoms. The second kappa shape index (κ2) is 6.48. The van der Waals surface area contributed by atoms with Crippen LogP contribution in [0.1, 0.15) is 36.0 Å². The smallest absolute Gasteiger partial charge is 0.254 e. The Labute approximate surface area is 126 Å². The van der Waals surface area contributed by atoms with Crippen molar-refractivity contribution >= 4 is 5.91 Å². The SMILES string of the molecule is COc1cccc(C(=O)N(CC2CC2)CC2CCCN2)c1. The van der Waals surface area contributed by atoms with Gasteiger partial charge in [-0.2, -0.15) is 0 Å². The maximum Gasteiger partial charge on any atom is 0.254 e. The Kier molecular flexibility index (Phi) is 4.44. The van der Waals surface area contributed by atoms with Crippen molar-refractivity contribution in [1.29, 1.82) is 0 Å². The molecule has 1 atom stereocenters. The van der Waals surface area contributed by atoms with Crippen molar-refractivity contribution in [3.63, 3.8) is 0 Å². The van der Waals surface area contributed by atoms with Crippen LogP contribution in [-0.2, 0) is 0 Å². The fraction of sp³-hybridized carbons (Fsp3) is 0.588. The number of ether oxygens (including phenoxy) is 1. The highest BCUT2D eigenvalue weighted by Crippen LogP contribution is 2.30. The number of nitrogens with zero attached hydrogens (tertiary/aromatic N) is 1. The van der Waals surface area contributed by atoms with E-state index in [1.807, 2.05) is 29.2 Å². The molecular weight excluding hydrogens is 264 g/mol. The van der Waals surface area contributed by atoms with Crippen molar-refractivity contribution in [3.05, 3.63) is 29.8 Å². The van der Waals surface area contributed by atoms with E-state index >= 15 is 0 Å². The summed E-state index contributed by atoms with van der Waals surface area (Å²) in [6.45, 7) is 2.80. The van der Waals surface area contributed by atoms with Crippen LogP contribution in [0.2, 0.25) is 0 Å². The Morgan fingerprint density at radius 3 is 2.86 bits per heavy atom. The number of benzene rings is 1. The Morgan fingerprint density at radius 2 is 2.19 bits per heavy atom. The molecule has 0 aromatic heterocycles. The summed E-state index contributed by atoms with van der Waals surface area (Å²) in [4.78, 5) is 14.8. The molecule has 1 saturated heterocycles. The number of hydrogen-bond donors (Lipinski definition) is 1. The van der Waals surface area contributed by atoms with Gasteiger partial charge in [-0.25, -0.2) is 0 Å². The Hall–Kier alpha value is -1.55. The zero-order valence-electron chi connectivity index (χ0n) is 12.7. The predicted molar refractivity (Wildman–Crippen MR) is 82.6 cm³/mol. The highest BCUT2D eigenvalue weighted by atomic mass is 16.5. The number of nitrogens with one attached hydrogen (secondary N) is 1. The molecule has 0 radical (unpaired) electrons. The fourth-order valence-corrected chi connectivity index (χ4v) is 2.97. The summed E-state index contributed by atoms with van der Waals surface area (Å²) >= 11 is 0. The van der Waals surface area contributed by atoms with Crippen LogP contribution < -0.4 is 10.1 Å². The quantitative estimate of drug-likeness (QED) is 0.873. The molecule has 2 aliphatic rings. The fourth-order valence-electron chi connectivity index (χ4n) is 2.97. The van der Waals surface area contributed by atoms with E-state index in [1.54, 1.807) is 7.11 Å². The van der Waals surface area contributed by atoms with Gasteiger partial charge < -0.3 is 15.0 Å². The van der Waals surface area contributed by atoms with Crippen molar-refractivity contribution in [2.24, 2.45) is 5.92 Å². The normalized spacial score (nSPS) is 21.3. The highest BCUT2D eigenvalue weighted by molar-refractivity contribution is 5.94. The van der Waals surface area contributed by atoms with Gasteiger partial charge in [0.2, 0.25) is 0 Å². The van der Waals surface area contributed by atoms with Crippen LogP contribution in [0, 0.1) is 5.92 Å². The lowest BCUT2D eigenvalue weighted by Crippen LogP contribution is -2.42. The van der Waals surface area contributed by atoms with Crippen molar-refractivity contribution in [2.75, 3.05) is 26.7 Å². The van der Waals surface area contributed by atoms with Crippen LogP contribution in [0.25, 0.3) is 0 Å². The van der Waals surface area contributed by atoms with Crippen LogP contribution >= 0.6 is 0 Å². The molecule has 4 heteroatoms. The molecule has 114 valence electrons. The third-order valence-electron chi connectivity index (χ3n) is 4.38. The summed E-state index contributed by atoms with van der Waals surface area (Å²) in [5.74, 6) is 1.58. The molecule has 1 saturated carbocycles. The number of carbonyl (C=O) groups is 1. The molecule has 2 fully saturated rings. The Bertz CT molecular complexity index is 493. The molecule has 3 rings (SSSR count). The van der Waals surface area contributed by atoms with Crippen LogP contribution in [0.4, 0.5) is 0 Å². The number of carbonyl (C=O) groups excluding carboxylic acids is 1. The predicted octanol–water partition coefficient (Wildman–Crippen LogP) is 2.30. The van der Waals surface area contributed by atoms with Gasteiger partial charge in [0.1, 0.15) is 5.75 Å². The van der Waals surface area contributed by atoms with Crippen LogP contribution in [0.3, 0.4) is 0 Å². The van der Waals surface area contributed by atoms with Crippen molar-refractivity contribution < 1.29 is 9.53 Å². The molecule has 1 aromatic carbocycles. The topological polar surface area (TPSA) is 41.6 Å². The number of methoxy groups -OCH3 is 1. The first-order valence-electron chi connectivity index (χ1n) is 7.93. The minimum absolute atomic E-state index is 0.134. The summed E-state index contributed by atoms with van der Waals surface area (Å²) in [6, 6.07) is 7.94. The van der Waals surface area contributed by atoms with Gasteiger partial charge in [0.15, 0.2) is 0 Å². The monoisotopic (exact) mass is 288 g/mol. The molecule has 1 amide bonds. The Balaban J connectivity index is 1.71. The van der Waals surface area contributed by atoms with Gasteiger partial charge in [-0.3, -0.25) is 4.79 Å². The lowest BCUT2D eigenvalue weighted by molar-refractivity contribution is 0.0733. The van der Waals surface area contributed by atoms with Gasteiger partial charge in [-0.15, -0.1) is 0 Å². The first kappa shape index (κ1) is 14.4. The third kappa shape index (κ3) is 3.76. The van der Waals surface area contributed by atoms with Crippen LogP contribution in [0.15, 0.2) is 24.3 Å². The standard InChI is InChI=1S/C17H24N2O2/c1-21-16-6-2-4-14(10-16)17(20)19(11-13-7-8-13)12-15-5-3-9-18-15/h2,4,6,10,13,15,18H,3,5,7-9,11-12H2,1H3. The van der Waals surface area contributed by atoms with Gasteiger partial charge in [-0.05, 0) is 56.3 Å². The molecule has 4 nitrogen and oxygen atoms in total. The first-order valence-corrected chi connectivity index (χ1v) is 7.93. The molecule has 1 unspecified atom stereocenters. The third-order valence-corrected chi connectivity index (χ3v) is 4.38. The molecule has 1 heterocycles. The van der Waals surface area contributed by atoms with E-state index in [2.05, 4.69) is 5.32 Å². The van der Waals surface area contributed by atoms with Crippen molar-refractivity contribution in [2.45, 2.75) is 31.7 Å². The molecule has 1 aromatic rings. The Morgan fingerprint density at radius 1 is 1.33 bits per heavy atom. The molecule has 1 N–H and O–H groups in total. The summed E-state index contributed by atoms with van der Waals surface area (Å²) in [6.07, 6.45) is 4.92. The van der Waals surface area contributed by atoms with Gasteiger partial charge in [0.25, 0.3) is 5.91 Å². The van der Waals surface area contributed by atoms with E-state index in [9.17, 15) is 4.79 Å². The van der Waals surface area contributed by atoms with E-state index in [0.29, 0.717) is 12.0 Å². The van der Waals surface area contributed by atoms with E-state index < -0.39 is 0 Å². The van der Waals surface area contributed by atoms with E-state index in [-0.39, 0.29) is 5.91 Å². The van der Waals surface area contributed by atoms with E-state index in [1.165, 1.54) is 25.7 Å². The summed E-state index contributed by atoms with van der Waals surface area (Å²) in [7, 11) is 1.63. The first-order chi connectivity index (χ1) is 10.3. The summed E-state index contributed by atoms with van der Waals surface area (Å²) in [5, 5.41) is 3.49. The van der Waals surface area contributed by atoms with E-state index in [0.717, 1.165) is 30.9 Å². The zero-order chi connectivity index (χ0) is 14.7. The summed E-state index contributed by atoms with van der Waals surface area (Å²) < 4.78 is 5.23. The maximum atomic E-state index is 12.8. The van der Waals surface area contributed by atoms with E-state index in [4.69, 9.17) is 4.74 Å². The van der Waals surface area contributed by atoms with Gasteiger partial charge in [-0.1, -0.05) is 6.07 Å². The highest BCUT2D eigenvalue weighted by Gasteiger charge is 2.29. The van der Waals surface area contributed by atoms with Crippen LogP contribution in [-0.4, -0.2) is 43.6 Å². The molecular formula is C17H24N2O2. The number of amides is 1. The lowest BCUT2D eigenvalue weighted by Gasteiger charge is -2.26. The average Bonchev–Trinajstić information content (AvgIpc) is 3.19. The second-order valence-electron chi connectivity index (χ2n) is 6.18. The average molecular weight is 288 g/mol. The minimum Gasteiger partial charge on any atom is -0.497 e. The number of rotatable bonds is 6. The molecule has 21 heavy (non-hydrogen) atoms. The van der Waals surface area contributed by atoms with Crippen LogP contribution in [0.5, 0.6) is 5.75 Å². The van der Waals surface area contributed by atoms with Gasteiger partial charge >= 0.3 is 0 Å². The summed E-state index contributed by atoms with van der Waals surface area (Å²) in [5.41, 5.74) is 0.730. The second-order valence-corrected chi connectivity index (χ2v) is 6.18. The minimum atomic E-state index is 0.134. The van der Waals surface area contributed by atoms with Gasteiger partial charge in [0, 0.05) is 24.7 Å². The maximum absolute atomic E-state index is 12.8. The lowest BCUT2D eigenvalue weighted by atomic mass is 10.1.